The summed E-state index contributed by atoms with van der Waals surface area (Å²) in [4.78, 5) is 30.4. The molecule has 15 heavy (non-hydrogen) atoms. The molecule has 1 aromatic carbocycles. The van der Waals surface area contributed by atoms with Crippen LogP contribution in [0.1, 0.15) is 0 Å². The normalized spacial score (nSPS) is 8.80. The standard InChI is InChI=1S/C9H6O6/c10-4-13-7-2-1-3-8(14-5-11)9(7)15-6-12/h1-6H. The van der Waals surface area contributed by atoms with Crippen molar-refractivity contribution < 1.29 is 28.6 Å². The van der Waals surface area contributed by atoms with Crippen LogP contribution in [0.15, 0.2) is 18.2 Å². The highest BCUT2D eigenvalue weighted by atomic mass is 16.6. The highest BCUT2D eigenvalue weighted by molar-refractivity contribution is 5.63. The van der Waals surface area contributed by atoms with Crippen LogP contribution in [0, 0.1) is 0 Å². The van der Waals surface area contributed by atoms with Gasteiger partial charge >= 0.3 is 0 Å². The zero-order valence-corrected chi connectivity index (χ0v) is 7.41. The Morgan fingerprint density at radius 1 is 0.800 bits per heavy atom. The number of carbonyl (C=O) groups excluding carboxylic acids is 3. The Balaban J connectivity index is 3.13. The molecule has 1 rings (SSSR count). The van der Waals surface area contributed by atoms with Crippen molar-refractivity contribution in [1.29, 1.82) is 0 Å². The second-order valence-electron chi connectivity index (χ2n) is 2.23. The van der Waals surface area contributed by atoms with E-state index >= 15 is 0 Å². The van der Waals surface area contributed by atoms with Gasteiger partial charge in [-0.1, -0.05) is 6.07 Å². The Bertz CT molecular complexity index is 345. The van der Waals surface area contributed by atoms with Crippen LogP contribution in [-0.2, 0) is 14.4 Å². The Labute approximate surface area is 84.4 Å². The van der Waals surface area contributed by atoms with Crippen molar-refractivity contribution in [2.45, 2.75) is 0 Å². The molecule has 78 valence electrons. The lowest BCUT2D eigenvalue weighted by molar-refractivity contribution is -0.124. The fraction of sp³-hybridized carbons (Fsp3) is 0. The van der Waals surface area contributed by atoms with Gasteiger partial charge in [-0.05, 0) is 12.1 Å². The molecule has 6 nitrogen and oxygen atoms in total. The molecule has 1 aromatic rings. The van der Waals surface area contributed by atoms with Gasteiger partial charge in [-0.25, -0.2) is 0 Å². The summed E-state index contributed by atoms with van der Waals surface area (Å²) in [7, 11) is 0. The SMILES string of the molecule is O=COc1cccc(OC=O)c1OC=O. The van der Waals surface area contributed by atoms with Crippen LogP contribution in [0.25, 0.3) is 0 Å². The molecule has 6 heteroatoms. The van der Waals surface area contributed by atoms with Crippen LogP contribution >= 0.6 is 0 Å². The highest BCUT2D eigenvalue weighted by Gasteiger charge is 2.12. The van der Waals surface area contributed by atoms with Gasteiger partial charge in [-0.2, -0.15) is 0 Å². The molecule has 0 aliphatic carbocycles. The van der Waals surface area contributed by atoms with Gasteiger partial charge in [0.15, 0.2) is 11.5 Å². The molecule has 0 saturated heterocycles. The van der Waals surface area contributed by atoms with Crippen LogP contribution in [0.3, 0.4) is 0 Å². The predicted molar refractivity (Wildman–Crippen MR) is 46.5 cm³/mol. The second-order valence-corrected chi connectivity index (χ2v) is 2.23. The van der Waals surface area contributed by atoms with E-state index in [-0.39, 0.29) is 36.7 Å². The molecule has 0 amide bonds. The van der Waals surface area contributed by atoms with E-state index in [0.717, 1.165) is 0 Å². The fourth-order valence-corrected chi connectivity index (χ4v) is 0.949. The topological polar surface area (TPSA) is 78.9 Å². The average Bonchev–Trinajstić information content (AvgIpc) is 2.23. The summed E-state index contributed by atoms with van der Waals surface area (Å²) >= 11 is 0. The molecule has 0 N–H and O–H groups in total. The molecule has 0 spiro atoms. The van der Waals surface area contributed by atoms with Gasteiger partial charge in [0.25, 0.3) is 19.4 Å². The van der Waals surface area contributed by atoms with Crippen molar-refractivity contribution in [3.8, 4) is 17.2 Å². The predicted octanol–water partition coefficient (Wildman–Crippen LogP) is 0.292. The molecule has 0 heterocycles. The highest BCUT2D eigenvalue weighted by Crippen LogP contribution is 2.36. The first kappa shape index (κ1) is 10.7. The molecular formula is C9H6O6. The summed E-state index contributed by atoms with van der Waals surface area (Å²) in [6, 6.07) is 4.23. The third kappa shape index (κ3) is 2.53. The number of para-hydroxylation sites is 1. The minimum Gasteiger partial charge on any atom is -0.425 e. The summed E-state index contributed by atoms with van der Waals surface area (Å²) in [6.45, 7) is 0.458. The largest absolute Gasteiger partial charge is 0.425 e. The van der Waals surface area contributed by atoms with E-state index < -0.39 is 0 Å². The Morgan fingerprint density at radius 3 is 1.67 bits per heavy atom. The first-order chi connectivity index (χ1) is 7.33. The van der Waals surface area contributed by atoms with Gasteiger partial charge in [0.2, 0.25) is 5.75 Å². The first-order valence-corrected chi connectivity index (χ1v) is 3.77. The second kappa shape index (κ2) is 5.38. The lowest BCUT2D eigenvalue weighted by Gasteiger charge is -2.07. The molecule has 0 bridgehead atoms. The number of benzene rings is 1. The van der Waals surface area contributed by atoms with Crippen LogP contribution in [0.5, 0.6) is 17.2 Å². The van der Waals surface area contributed by atoms with Crippen molar-refractivity contribution in [2.24, 2.45) is 0 Å². The Morgan fingerprint density at radius 2 is 1.27 bits per heavy atom. The van der Waals surface area contributed by atoms with E-state index in [0.29, 0.717) is 0 Å². The Hall–Kier alpha value is -2.37. The molecule has 0 saturated carbocycles. The van der Waals surface area contributed by atoms with Crippen molar-refractivity contribution in [2.75, 3.05) is 0 Å². The van der Waals surface area contributed by atoms with Crippen molar-refractivity contribution in [1.82, 2.24) is 0 Å². The summed E-state index contributed by atoms with van der Waals surface area (Å²) in [6.07, 6.45) is 0. The zero-order chi connectivity index (χ0) is 11.1. The quantitative estimate of drug-likeness (QED) is 0.628. The van der Waals surface area contributed by atoms with E-state index in [2.05, 4.69) is 14.2 Å². The van der Waals surface area contributed by atoms with Crippen molar-refractivity contribution in [3.63, 3.8) is 0 Å². The Kier molecular flexibility index (Phi) is 3.84. The molecule has 0 atom stereocenters. The summed E-state index contributed by atoms with van der Waals surface area (Å²) in [5.74, 6) is -0.167. The van der Waals surface area contributed by atoms with E-state index in [1.165, 1.54) is 18.2 Å². The summed E-state index contributed by atoms with van der Waals surface area (Å²) < 4.78 is 13.6. The molecule has 0 aliphatic heterocycles. The third-order valence-electron chi connectivity index (χ3n) is 1.46. The zero-order valence-electron chi connectivity index (χ0n) is 7.41. The van der Waals surface area contributed by atoms with E-state index in [4.69, 9.17) is 0 Å². The number of rotatable bonds is 6. The molecule has 0 aromatic heterocycles. The molecule has 0 aliphatic rings. The maximum atomic E-state index is 10.2. The fourth-order valence-electron chi connectivity index (χ4n) is 0.949. The van der Waals surface area contributed by atoms with Crippen LogP contribution < -0.4 is 14.2 Å². The summed E-state index contributed by atoms with van der Waals surface area (Å²) in [5, 5.41) is 0. The lowest BCUT2D eigenvalue weighted by Crippen LogP contribution is -1.99. The van der Waals surface area contributed by atoms with Gasteiger partial charge in [0, 0.05) is 0 Å². The third-order valence-corrected chi connectivity index (χ3v) is 1.46. The number of hydrogen-bond donors (Lipinski definition) is 0. The lowest BCUT2D eigenvalue weighted by atomic mass is 10.3. The molecular weight excluding hydrogens is 204 g/mol. The smallest absolute Gasteiger partial charge is 0.298 e. The monoisotopic (exact) mass is 210 g/mol. The van der Waals surface area contributed by atoms with Crippen molar-refractivity contribution >= 4 is 19.4 Å². The van der Waals surface area contributed by atoms with Crippen LogP contribution in [-0.4, -0.2) is 19.4 Å². The van der Waals surface area contributed by atoms with Gasteiger partial charge in [0.05, 0.1) is 0 Å². The number of ether oxygens (including phenoxy) is 3. The maximum Gasteiger partial charge on any atom is 0.298 e. The molecule has 0 unspecified atom stereocenters. The van der Waals surface area contributed by atoms with Gasteiger partial charge < -0.3 is 14.2 Å². The van der Waals surface area contributed by atoms with Crippen LogP contribution in [0.2, 0.25) is 0 Å². The van der Waals surface area contributed by atoms with Gasteiger partial charge in [-0.15, -0.1) is 0 Å². The first-order valence-electron chi connectivity index (χ1n) is 3.77. The van der Waals surface area contributed by atoms with Gasteiger partial charge in [-0.3, -0.25) is 14.4 Å². The minimum absolute atomic E-state index is 0.0172. The van der Waals surface area contributed by atoms with Crippen molar-refractivity contribution in [3.05, 3.63) is 18.2 Å². The number of carbonyl (C=O) groups is 3. The minimum atomic E-state index is -0.133. The van der Waals surface area contributed by atoms with E-state index in [9.17, 15) is 14.4 Å². The van der Waals surface area contributed by atoms with Gasteiger partial charge in [0.1, 0.15) is 0 Å². The molecule has 0 fully saturated rings. The average molecular weight is 210 g/mol. The van der Waals surface area contributed by atoms with E-state index in [1.54, 1.807) is 0 Å². The summed E-state index contributed by atoms with van der Waals surface area (Å²) in [5.41, 5.74) is 0. The maximum absolute atomic E-state index is 10.2. The van der Waals surface area contributed by atoms with Crippen LogP contribution in [0.4, 0.5) is 0 Å². The van der Waals surface area contributed by atoms with E-state index in [1.807, 2.05) is 0 Å². The number of hydrogen-bond acceptors (Lipinski definition) is 6. The molecule has 0 radical (unpaired) electrons.